The minimum atomic E-state index is 0.451. The van der Waals surface area contributed by atoms with Crippen molar-refractivity contribution >= 4 is 0 Å². The predicted molar refractivity (Wildman–Crippen MR) is 50.0 cm³/mol. The van der Waals surface area contributed by atoms with E-state index in [4.69, 9.17) is 4.74 Å². The Bertz CT molecular complexity index is 197. The Morgan fingerprint density at radius 3 is 2.17 bits per heavy atom. The van der Waals surface area contributed by atoms with E-state index in [1.165, 1.54) is 19.3 Å². The van der Waals surface area contributed by atoms with Crippen LogP contribution < -0.4 is 0 Å². The summed E-state index contributed by atoms with van der Waals surface area (Å²) in [5.41, 5.74) is 0.958. The van der Waals surface area contributed by atoms with Crippen LogP contribution in [0.15, 0.2) is 0 Å². The number of fused-ring (bicyclic) bond motifs is 2. The molecule has 0 aromatic rings. The van der Waals surface area contributed by atoms with Gasteiger partial charge in [-0.1, -0.05) is 20.8 Å². The third-order valence-electron chi connectivity index (χ3n) is 5.00. The fraction of sp³-hybridized carbons (Fsp3) is 1.00. The summed E-state index contributed by atoms with van der Waals surface area (Å²) in [4.78, 5) is 0. The van der Waals surface area contributed by atoms with Gasteiger partial charge in [0.15, 0.2) is 0 Å². The van der Waals surface area contributed by atoms with Crippen molar-refractivity contribution in [3.05, 3.63) is 0 Å². The Balaban J connectivity index is 2.33. The third-order valence-corrected chi connectivity index (χ3v) is 5.00. The third kappa shape index (κ3) is 0.736. The van der Waals surface area contributed by atoms with E-state index in [9.17, 15) is 0 Å². The standard InChI is InChI=1S/C11H20O/c1-10(2)8-5-6-11(10,3)9(7-8)12-4/h8-9H,5-7H2,1-4H3/t8?,9-,11-/m1/s1. The Kier molecular flexibility index (Phi) is 1.61. The Morgan fingerprint density at radius 2 is 1.92 bits per heavy atom. The number of hydrogen-bond donors (Lipinski definition) is 0. The second-order valence-electron chi connectivity index (χ2n) is 5.33. The zero-order chi connectivity index (χ0) is 8.98. The minimum Gasteiger partial charge on any atom is -0.381 e. The van der Waals surface area contributed by atoms with Gasteiger partial charge in [-0.15, -0.1) is 0 Å². The van der Waals surface area contributed by atoms with E-state index in [0.29, 0.717) is 16.9 Å². The summed E-state index contributed by atoms with van der Waals surface area (Å²) in [7, 11) is 1.87. The Labute approximate surface area is 75.5 Å². The Morgan fingerprint density at radius 1 is 1.25 bits per heavy atom. The van der Waals surface area contributed by atoms with Crippen molar-refractivity contribution in [2.45, 2.75) is 46.1 Å². The van der Waals surface area contributed by atoms with Gasteiger partial charge >= 0.3 is 0 Å². The van der Waals surface area contributed by atoms with Gasteiger partial charge < -0.3 is 4.74 Å². The topological polar surface area (TPSA) is 9.23 Å². The highest BCUT2D eigenvalue weighted by molar-refractivity contribution is 5.10. The lowest BCUT2D eigenvalue weighted by atomic mass is 9.70. The first-order valence-corrected chi connectivity index (χ1v) is 5.05. The summed E-state index contributed by atoms with van der Waals surface area (Å²) in [6.07, 6.45) is 4.60. The quantitative estimate of drug-likeness (QED) is 0.585. The molecule has 0 amide bonds. The molecular formula is C11H20O. The maximum Gasteiger partial charge on any atom is 0.0632 e. The zero-order valence-electron chi connectivity index (χ0n) is 8.68. The van der Waals surface area contributed by atoms with Gasteiger partial charge in [-0.2, -0.15) is 0 Å². The predicted octanol–water partition coefficient (Wildman–Crippen LogP) is 2.85. The average Bonchev–Trinajstić information content (AvgIpc) is 2.34. The number of hydrogen-bond acceptors (Lipinski definition) is 1. The van der Waals surface area contributed by atoms with Gasteiger partial charge in [0, 0.05) is 7.11 Å². The molecule has 70 valence electrons. The van der Waals surface area contributed by atoms with Crippen molar-refractivity contribution in [2.24, 2.45) is 16.7 Å². The van der Waals surface area contributed by atoms with Gasteiger partial charge in [-0.3, -0.25) is 0 Å². The molecule has 0 spiro atoms. The van der Waals surface area contributed by atoms with Crippen LogP contribution in [-0.2, 0) is 4.74 Å². The SMILES string of the molecule is CO[C@@H]1CC2CC[C@@]1(C)C2(C)C. The molecule has 0 N–H and O–H groups in total. The van der Waals surface area contributed by atoms with Crippen LogP contribution in [-0.4, -0.2) is 13.2 Å². The van der Waals surface area contributed by atoms with Crippen molar-refractivity contribution in [1.82, 2.24) is 0 Å². The molecule has 0 heterocycles. The normalized spacial score (nSPS) is 50.0. The summed E-state index contributed by atoms with van der Waals surface area (Å²) in [5.74, 6) is 0.910. The fourth-order valence-electron chi connectivity index (χ4n) is 3.49. The highest BCUT2D eigenvalue weighted by Crippen LogP contribution is 2.66. The summed E-state index contributed by atoms with van der Waals surface area (Å²) in [6.45, 7) is 7.25. The van der Waals surface area contributed by atoms with Crippen LogP contribution >= 0.6 is 0 Å². The monoisotopic (exact) mass is 168 g/mol. The van der Waals surface area contributed by atoms with E-state index in [0.717, 1.165) is 5.92 Å². The first kappa shape index (κ1) is 8.55. The van der Waals surface area contributed by atoms with E-state index in [1.807, 2.05) is 7.11 Å². The van der Waals surface area contributed by atoms with Crippen LogP contribution in [0.4, 0.5) is 0 Å². The van der Waals surface area contributed by atoms with Crippen LogP contribution in [0.2, 0.25) is 0 Å². The van der Waals surface area contributed by atoms with E-state index >= 15 is 0 Å². The molecule has 0 aliphatic heterocycles. The van der Waals surface area contributed by atoms with Crippen LogP contribution in [0.5, 0.6) is 0 Å². The molecule has 1 nitrogen and oxygen atoms in total. The maximum absolute atomic E-state index is 5.58. The van der Waals surface area contributed by atoms with Gasteiger partial charge in [0.05, 0.1) is 6.10 Å². The summed E-state index contributed by atoms with van der Waals surface area (Å²) >= 11 is 0. The van der Waals surface area contributed by atoms with Crippen molar-refractivity contribution in [1.29, 1.82) is 0 Å². The first-order valence-electron chi connectivity index (χ1n) is 5.05. The van der Waals surface area contributed by atoms with E-state index in [-0.39, 0.29) is 0 Å². The number of methoxy groups -OCH3 is 1. The van der Waals surface area contributed by atoms with Crippen LogP contribution in [0.1, 0.15) is 40.0 Å². The summed E-state index contributed by atoms with van der Waals surface area (Å²) < 4.78 is 5.58. The molecule has 2 fully saturated rings. The molecule has 0 radical (unpaired) electrons. The number of ether oxygens (including phenoxy) is 1. The summed E-state index contributed by atoms with van der Waals surface area (Å²) in [6, 6.07) is 0. The highest BCUT2D eigenvalue weighted by Gasteiger charge is 2.61. The van der Waals surface area contributed by atoms with Crippen molar-refractivity contribution in [3.8, 4) is 0 Å². The van der Waals surface area contributed by atoms with Gasteiger partial charge in [-0.25, -0.2) is 0 Å². The maximum atomic E-state index is 5.58. The van der Waals surface area contributed by atoms with Gasteiger partial charge in [0.25, 0.3) is 0 Å². The van der Waals surface area contributed by atoms with Crippen LogP contribution in [0.25, 0.3) is 0 Å². The van der Waals surface area contributed by atoms with E-state index < -0.39 is 0 Å². The average molecular weight is 168 g/mol. The number of rotatable bonds is 1. The molecule has 0 aromatic heterocycles. The Hall–Kier alpha value is -0.0400. The first-order chi connectivity index (χ1) is 5.52. The lowest BCUT2D eigenvalue weighted by Gasteiger charge is -2.38. The molecule has 0 aromatic carbocycles. The molecule has 2 rings (SSSR count). The second kappa shape index (κ2) is 2.25. The van der Waals surface area contributed by atoms with Gasteiger partial charge in [0.2, 0.25) is 0 Å². The summed E-state index contributed by atoms with van der Waals surface area (Å²) in [5, 5.41) is 0. The van der Waals surface area contributed by atoms with Crippen LogP contribution in [0.3, 0.4) is 0 Å². The largest absolute Gasteiger partial charge is 0.381 e. The lowest BCUT2D eigenvalue weighted by Crippen LogP contribution is -2.36. The zero-order valence-corrected chi connectivity index (χ0v) is 8.68. The fourth-order valence-corrected chi connectivity index (χ4v) is 3.49. The van der Waals surface area contributed by atoms with E-state index in [2.05, 4.69) is 20.8 Å². The molecule has 1 unspecified atom stereocenters. The van der Waals surface area contributed by atoms with Crippen molar-refractivity contribution in [3.63, 3.8) is 0 Å². The molecule has 2 aliphatic rings. The highest BCUT2D eigenvalue weighted by atomic mass is 16.5. The molecule has 1 heteroatoms. The van der Waals surface area contributed by atoms with E-state index in [1.54, 1.807) is 0 Å². The molecule has 2 bridgehead atoms. The van der Waals surface area contributed by atoms with Crippen molar-refractivity contribution in [2.75, 3.05) is 7.11 Å². The van der Waals surface area contributed by atoms with Gasteiger partial charge in [-0.05, 0) is 36.0 Å². The molecule has 2 aliphatic carbocycles. The molecule has 3 atom stereocenters. The molecular weight excluding hydrogens is 148 g/mol. The minimum absolute atomic E-state index is 0.451. The molecule has 2 saturated carbocycles. The van der Waals surface area contributed by atoms with Gasteiger partial charge in [0.1, 0.15) is 0 Å². The van der Waals surface area contributed by atoms with Crippen molar-refractivity contribution < 1.29 is 4.74 Å². The lowest BCUT2D eigenvalue weighted by molar-refractivity contribution is -0.0200. The van der Waals surface area contributed by atoms with Crippen LogP contribution in [0, 0.1) is 16.7 Å². The second-order valence-corrected chi connectivity index (χ2v) is 5.33. The molecule has 12 heavy (non-hydrogen) atoms. The molecule has 0 saturated heterocycles. The smallest absolute Gasteiger partial charge is 0.0632 e.